The van der Waals surface area contributed by atoms with E-state index in [0.29, 0.717) is 16.9 Å². The summed E-state index contributed by atoms with van der Waals surface area (Å²) in [7, 11) is 0. The van der Waals surface area contributed by atoms with E-state index in [9.17, 15) is 13.6 Å². The van der Waals surface area contributed by atoms with Gasteiger partial charge in [0.15, 0.2) is 17.3 Å². The Labute approximate surface area is 130 Å². The number of imidazole rings is 1. The second kappa shape index (κ2) is 5.12. The monoisotopic (exact) mass is 314 g/mol. The van der Waals surface area contributed by atoms with Gasteiger partial charge < -0.3 is 5.32 Å². The highest BCUT2D eigenvalue weighted by Gasteiger charge is 2.27. The zero-order valence-electron chi connectivity index (χ0n) is 12.0. The van der Waals surface area contributed by atoms with Crippen molar-refractivity contribution in [2.24, 2.45) is 0 Å². The predicted molar refractivity (Wildman–Crippen MR) is 79.3 cm³/mol. The molecule has 0 radical (unpaired) electrons. The average Bonchev–Trinajstić information content (AvgIpc) is 3.27. The topological polar surface area (TPSA) is 59.8 Å². The molecular weight excluding hydrogens is 302 g/mol. The molecule has 1 N–H and O–H groups in total. The number of carbonyl (C=O) groups is 1. The van der Waals surface area contributed by atoms with Gasteiger partial charge in [-0.3, -0.25) is 9.36 Å². The van der Waals surface area contributed by atoms with Gasteiger partial charge in [0, 0.05) is 18.3 Å². The van der Waals surface area contributed by atoms with Gasteiger partial charge in [0.25, 0.3) is 5.91 Å². The minimum absolute atomic E-state index is 0.108. The van der Waals surface area contributed by atoms with Crippen molar-refractivity contribution in [3.8, 4) is 5.69 Å². The lowest BCUT2D eigenvalue weighted by molar-refractivity contribution is 0.0939. The molecule has 0 unspecified atom stereocenters. The van der Waals surface area contributed by atoms with Gasteiger partial charge in [-0.2, -0.15) is 0 Å². The number of aromatic nitrogens is 3. The molecule has 4 rings (SSSR count). The molecule has 1 aliphatic rings. The second-order valence-corrected chi connectivity index (χ2v) is 5.46. The fourth-order valence-electron chi connectivity index (χ4n) is 2.41. The number of nitrogens with zero attached hydrogens (tertiary/aromatic N) is 3. The molecular formula is C16H12F2N4O. The molecule has 3 aromatic rings. The maximum absolute atomic E-state index is 13.6. The number of hydrogen-bond donors (Lipinski definition) is 1. The number of carbonyl (C=O) groups excluding carboxylic acids is 1. The summed E-state index contributed by atoms with van der Waals surface area (Å²) in [6, 6.07) is 7.01. The standard InChI is InChI=1S/C16H12F2N4O/c17-11-6-5-10(8-12(11)18)22-14-13(2-1-7-19-14)21-15(22)16(23)20-9-3-4-9/h1-2,5-9H,3-4H2,(H,20,23). The molecule has 0 bridgehead atoms. The summed E-state index contributed by atoms with van der Waals surface area (Å²) in [4.78, 5) is 20.9. The fourth-order valence-corrected chi connectivity index (χ4v) is 2.41. The van der Waals surface area contributed by atoms with Crippen molar-refractivity contribution in [1.29, 1.82) is 0 Å². The van der Waals surface area contributed by atoms with E-state index >= 15 is 0 Å². The zero-order chi connectivity index (χ0) is 16.0. The molecule has 1 aromatic carbocycles. The Morgan fingerprint density at radius 3 is 2.78 bits per heavy atom. The first-order valence-electron chi connectivity index (χ1n) is 7.23. The molecule has 1 saturated carbocycles. The van der Waals surface area contributed by atoms with Crippen molar-refractivity contribution in [3.63, 3.8) is 0 Å². The van der Waals surface area contributed by atoms with E-state index in [0.717, 1.165) is 25.0 Å². The number of fused-ring (bicyclic) bond motifs is 1. The minimum Gasteiger partial charge on any atom is -0.347 e. The van der Waals surface area contributed by atoms with Crippen LogP contribution >= 0.6 is 0 Å². The number of amides is 1. The van der Waals surface area contributed by atoms with E-state index < -0.39 is 11.6 Å². The Balaban J connectivity index is 1.91. The second-order valence-electron chi connectivity index (χ2n) is 5.46. The smallest absolute Gasteiger partial charge is 0.287 e. The lowest BCUT2D eigenvalue weighted by atomic mass is 10.3. The minimum atomic E-state index is -0.992. The van der Waals surface area contributed by atoms with Crippen LogP contribution < -0.4 is 5.32 Å². The Morgan fingerprint density at radius 1 is 1.22 bits per heavy atom. The molecule has 1 amide bonds. The number of halogens is 2. The van der Waals surface area contributed by atoms with Crippen LogP contribution in [0.5, 0.6) is 0 Å². The van der Waals surface area contributed by atoms with Gasteiger partial charge in [-0.05, 0) is 37.1 Å². The number of pyridine rings is 1. The number of nitrogens with one attached hydrogen (secondary N) is 1. The summed E-state index contributed by atoms with van der Waals surface area (Å²) in [5, 5.41) is 2.85. The maximum Gasteiger partial charge on any atom is 0.287 e. The van der Waals surface area contributed by atoms with Crippen molar-refractivity contribution >= 4 is 17.1 Å². The summed E-state index contributed by atoms with van der Waals surface area (Å²) < 4.78 is 28.2. The quantitative estimate of drug-likeness (QED) is 0.808. The van der Waals surface area contributed by atoms with Crippen LogP contribution in [0.2, 0.25) is 0 Å². The van der Waals surface area contributed by atoms with Gasteiger partial charge >= 0.3 is 0 Å². The van der Waals surface area contributed by atoms with Crippen molar-refractivity contribution in [2.45, 2.75) is 18.9 Å². The third-order valence-corrected chi connectivity index (χ3v) is 3.69. The Morgan fingerprint density at radius 2 is 2.04 bits per heavy atom. The van der Waals surface area contributed by atoms with Gasteiger partial charge in [-0.1, -0.05) is 0 Å². The number of hydrogen-bond acceptors (Lipinski definition) is 3. The molecule has 2 heterocycles. The van der Waals surface area contributed by atoms with Gasteiger partial charge in [-0.15, -0.1) is 0 Å². The highest BCUT2D eigenvalue weighted by molar-refractivity contribution is 5.95. The van der Waals surface area contributed by atoms with E-state index in [1.807, 2.05) is 0 Å². The van der Waals surface area contributed by atoms with Crippen LogP contribution in [0.25, 0.3) is 16.9 Å². The van der Waals surface area contributed by atoms with Gasteiger partial charge in [0.05, 0.1) is 5.69 Å². The molecule has 0 aliphatic heterocycles. The maximum atomic E-state index is 13.6. The molecule has 116 valence electrons. The molecule has 0 spiro atoms. The molecule has 23 heavy (non-hydrogen) atoms. The molecule has 5 nitrogen and oxygen atoms in total. The average molecular weight is 314 g/mol. The molecule has 1 aliphatic carbocycles. The Kier molecular flexibility index (Phi) is 3.07. The lowest BCUT2D eigenvalue weighted by Crippen LogP contribution is -2.28. The highest BCUT2D eigenvalue weighted by Crippen LogP contribution is 2.23. The SMILES string of the molecule is O=C(NC1CC1)c1nc2cccnc2n1-c1ccc(F)c(F)c1. The van der Waals surface area contributed by atoms with Crippen molar-refractivity contribution in [3.05, 3.63) is 54.0 Å². The first-order chi connectivity index (χ1) is 11.1. The van der Waals surface area contributed by atoms with Crippen LogP contribution in [0.3, 0.4) is 0 Å². The summed E-state index contributed by atoms with van der Waals surface area (Å²) in [5.74, 6) is -2.18. The van der Waals surface area contributed by atoms with Crippen molar-refractivity contribution in [2.75, 3.05) is 0 Å². The van der Waals surface area contributed by atoms with E-state index in [1.54, 1.807) is 18.3 Å². The van der Waals surface area contributed by atoms with E-state index in [-0.39, 0.29) is 17.8 Å². The van der Waals surface area contributed by atoms with Crippen molar-refractivity contribution < 1.29 is 13.6 Å². The lowest BCUT2D eigenvalue weighted by Gasteiger charge is -2.09. The van der Waals surface area contributed by atoms with E-state index in [1.165, 1.54) is 10.6 Å². The van der Waals surface area contributed by atoms with E-state index in [2.05, 4.69) is 15.3 Å². The normalized spacial score (nSPS) is 14.2. The third-order valence-electron chi connectivity index (χ3n) is 3.69. The van der Waals surface area contributed by atoms with Gasteiger partial charge in [0.1, 0.15) is 5.52 Å². The zero-order valence-corrected chi connectivity index (χ0v) is 12.0. The van der Waals surface area contributed by atoms with Crippen LogP contribution in [0.4, 0.5) is 8.78 Å². The van der Waals surface area contributed by atoms with Crippen LogP contribution in [0.1, 0.15) is 23.5 Å². The first-order valence-corrected chi connectivity index (χ1v) is 7.23. The summed E-state index contributed by atoms with van der Waals surface area (Å²) >= 11 is 0. The molecule has 0 saturated heterocycles. The van der Waals surface area contributed by atoms with Crippen LogP contribution in [0.15, 0.2) is 36.5 Å². The van der Waals surface area contributed by atoms with Crippen LogP contribution in [-0.4, -0.2) is 26.5 Å². The molecule has 7 heteroatoms. The number of benzene rings is 1. The summed E-state index contributed by atoms with van der Waals surface area (Å²) in [6.07, 6.45) is 3.44. The first kappa shape index (κ1) is 13.8. The van der Waals surface area contributed by atoms with Crippen molar-refractivity contribution in [1.82, 2.24) is 19.9 Å². The third kappa shape index (κ3) is 2.44. The highest BCUT2D eigenvalue weighted by atomic mass is 19.2. The van der Waals surface area contributed by atoms with Crippen LogP contribution in [0, 0.1) is 11.6 Å². The van der Waals surface area contributed by atoms with Crippen LogP contribution in [-0.2, 0) is 0 Å². The largest absolute Gasteiger partial charge is 0.347 e. The molecule has 1 fully saturated rings. The Bertz CT molecular complexity index is 918. The summed E-state index contributed by atoms with van der Waals surface area (Å²) in [6.45, 7) is 0. The van der Waals surface area contributed by atoms with Gasteiger partial charge in [0.2, 0.25) is 5.82 Å². The number of rotatable bonds is 3. The molecule has 0 atom stereocenters. The van der Waals surface area contributed by atoms with Gasteiger partial charge in [-0.25, -0.2) is 18.7 Å². The fraction of sp³-hybridized carbons (Fsp3) is 0.188. The summed E-state index contributed by atoms with van der Waals surface area (Å²) in [5.41, 5.74) is 1.23. The predicted octanol–water partition coefficient (Wildman–Crippen LogP) is 2.59. The molecule has 2 aromatic heterocycles. The Hall–Kier alpha value is -2.83. The van der Waals surface area contributed by atoms with E-state index in [4.69, 9.17) is 0 Å².